The van der Waals surface area contributed by atoms with Crippen LogP contribution >= 0.6 is 0 Å². The van der Waals surface area contributed by atoms with Gasteiger partial charge in [0.1, 0.15) is 10.6 Å². The van der Waals surface area contributed by atoms with Gasteiger partial charge in [-0.15, -0.1) is 0 Å². The smallest absolute Gasteiger partial charge is 0.339 e. The number of piperidine rings is 1. The molecule has 9 heteroatoms. The lowest BCUT2D eigenvalue weighted by atomic mass is 10.1. The third-order valence-corrected chi connectivity index (χ3v) is 6.86. The van der Waals surface area contributed by atoms with Crippen LogP contribution in [0.25, 0.3) is 0 Å². The van der Waals surface area contributed by atoms with Crippen molar-refractivity contribution in [3.63, 3.8) is 0 Å². The van der Waals surface area contributed by atoms with Gasteiger partial charge in [0, 0.05) is 18.7 Å². The summed E-state index contributed by atoms with van der Waals surface area (Å²) >= 11 is 0. The van der Waals surface area contributed by atoms with Gasteiger partial charge in [-0.2, -0.15) is 4.31 Å². The van der Waals surface area contributed by atoms with E-state index in [1.165, 1.54) is 42.8 Å². The number of carbonyl (C=O) groups excluding carboxylic acids is 2. The van der Waals surface area contributed by atoms with Crippen LogP contribution in [0.1, 0.15) is 40.0 Å². The van der Waals surface area contributed by atoms with Crippen LogP contribution in [0.5, 0.6) is 5.75 Å². The molecule has 0 atom stereocenters. The molecule has 0 bridgehead atoms. The number of nitrogens with one attached hydrogen (secondary N) is 1. The average molecular weight is 432 g/mol. The molecule has 1 N–H and O–H groups in total. The van der Waals surface area contributed by atoms with Crippen LogP contribution in [0.15, 0.2) is 47.4 Å². The summed E-state index contributed by atoms with van der Waals surface area (Å²) in [6.07, 6.45) is 2.59. The Morgan fingerprint density at radius 1 is 1.00 bits per heavy atom. The van der Waals surface area contributed by atoms with Crippen molar-refractivity contribution >= 4 is 27.6 Å². The Balaban J connectivity index is 1.93. The molecule has 1 aliphatic heterocycles. The van der Waals surface area contributed by atoms with Gasteiger partial charge in [0.2, 0.25) is 10.0 Å². The maximum Gasteiger partial charge on any atom is 0.339 e. The van der Waals surface area contributed by atoms with Crippen molar-refractivity contribution in [1.82, 2.24) is 4.31 Å². The zero-order valence-corrected chi connectivity index (χ0v) is 17.7. The van der Waals surface area contributed by atoms with E-state index in [2.05, 4.69) is 5.32 Å². The van der Waals surface area contributed by atoms with Crippen molar-refractivity contribution in [2.24, 2.45) is 0 Å². The van der Waals surface area contributed by atoms with E-state index in [-0.39, 0.29) is 27.5 Å². The van der Waals surface area contributed by atoms with Gasteiger partial charge in [0.15, 0.2) is 0 Å². The molecular weight excluding hydrogens is 408 g/mol. The molecule has 0 aromatic heterocycles. The highest BCUT2D eigenvalue weighted by Crippen LogP contribution is 2.30. The number of para-hydroxylation sites is 1. The zero-order chi connectivity index (χ0) is 21.7. The van der Waals surface area contributed by atoms with Gasteiger partial charge in [0.05, 0.1) is 25.5 Å². The van der Waals surface area contributed by atoms with E-state index in [1.54, 1.807) is 18.2 Å². The predicted octanol–water partition coefficient (Wildman–Crippen LogP) is 2.91. The molecule has 8 nitrogen and oxygen atoms in total. The molecule has 0 aliphatic carbocycles. The summed E-state index contributed by atoms with van der Waals surface area (Å²) in [5.74, 6) is -0.967. The molecule has 30 heavy (non-hydrogen) atoms. The molecule has 0 radical (unpaired) electrons. The Morgan fingerprint density at radius 2 is 1.70 bits per heavy atom. The lowest BCUT2D eigenvalue weighted by Crippen LogP contribution is -2.35. The van der Waals surface area contributed by atoms with E-state index in [1.807, 2.05) is 0 Å². The van der Waals surface area contributed by atoms with Gasteiger partial charge in [-0.3, -0.25) is 4.79 Å². The molecule has 3 rings (SSSR count). The fourth-order valence-corrected chi connectivity index (χ4v) is 5.04. The Kier molecular flexibility index (Phi) is 6.73. The Labute approximate surface area is 175 Å². The lowest BCUT2D eigenvalue weighted by Gasteiger charge is -2.26. The quantitative estimate of drug-likeness (QED) is 0.704. The van der Waals surface area contributed by atoms with Gasteiger partial charge in [-0.05, 0) is 43.2 Å². The number of methoxy groups -OCH3 is 2. The lowest BCUT2D eigenvalue weighted by molar-refractivity contribution is 0.0602. The minimum atomic E-state index is -3.81. The van der Waals surface area contributed by atoms with Crippen molar-refractivity contribution < 1.29 is 27.5 Å². The number of esters is 1. The van der Waals surface area contributed by atoms with Gasteiger partial charge in [-0.25, -0.2) is 13.2 Å². The molecule has 1 saturated heterocycles. The number of hydrogen-bond donors (Lipinski definition) is 1. The molecule has 0 unspecified atom stereocenters. The first kappa shape index (κ1) is 21.8. The number of ether oxygens (including phenoxy) is 2. The van der Waals surface area contributed by atoms with Gasteiger partial charge in [-0.1, -0.05) is 18.6 Å². The fourth-order valence-electron chi connectivity index (χ4n) is 3.34. The third-order valence-electron chi connectivity index (χ3n) is 4.94. The maximum atomic E-state index is 13.1. The average Bonchev–Trinajstić information content (AvgIpc) is 2.79. The van der Waals surface area contributed by atoms with Crippen LogP contribution in [0, 0.1) is 0 Å². The summed E-state index contributed by atoms with van der Waals surface area (Å²) in [4.78, 5) is 24.7. The molecular formula is C21H24N2O6S. The Hall–Kier alpha value is -2.91. The normalized spacial score (nSPS) is 14.7. The summed E-state index contributed by atoms with van der Waals surface area (Å²) in [6, 6.07) is 10.7. The minimum Gasteiger partial charge on any atom is -0.495 e. The van der Waals surface area contributed by atoms with Crippen LogP contribution < -0.4 is 10.1 Å². The van der Waals surface area contributed by atoms with E-state index in [4.69, 9.17) is 9.47 Å². The van der Waals surface area contributed by atoms with Crippen molar-refractivity contribution in [3.05, 3.63) is 53.6 Å². The summed E-state index contributed by atoms with van der Waals surface area (Å²) in [7, 11) is -1.17. The number of rotatable bonds is 6. The Morgan fingerprint density at radius 3 is 2.37 bits per heavy atom. The number of carbonyl (C=O) groups is 2. The molecule has 2 aromatic carbocycles. The number of nitrogens with zero attached hydrogens (tertiary/aromatic N) is 1. The first-order valence-electron chi connectivity index (χ1n) is 9.55. The van der Waals surface area contributed by atoms with Crippen molar-refractivity contribution in [1.29, 1.82) is 0 Å². The number of amides is 1. The van der Waals surface area contributed by atoms with Gasteiger partial charge in [0.25, 0.3) is 5.91 Å². The number of hydrogen-bond acceptors (Lipinski definition) is 6. The summed E-state index contributed by atoms with van der Waals surface area (Å²) in [5, 5.41) is 2.65. The Bertz CT molecular complexity index is 1050. The van der Waals surface area contributed by atoms with E-state index >= 15 is 0 Å². The van der Waals surface area contributed by atoms with Crippen molar-refractivity contribution in [2.45, 2.75) is 24.2 Å². The number of benzene rings is 2. The van der Waals surface area contributed by atoms with E-state index in [9.17, 15) is 18.0 Å². The van der Waals surface area contributed by atoms with E-state index in [0.29, 0.717) is 13.1 Å². The van der Waals surface area contributed by atoms with Crippen LogP contribution in [-0.4, -0.2) is 51.9 Å². The minimum absolute atomic E-state index is 0.0548. The van der Waals surface area contributed by atoms with Gasteiger partial charge >= 0.3 is 5.97 Å². The molecule has 1 amide bonds. The molecule has 0 spiro atoms. The molecule has 1 fully saturated rings. The van der Waals surface area contributed by atoms with Crippen molar-refractivity contribution in [2.75, 3.05) is 32.6 Å². The van der Waals surface area contributed by atoms with Crippen LogP contribution in [0.3, 0.4) is 0 Å². The molecule has 1 aliphatic rings. The number of sulfonamides is 1. The first-order valence-corrected chi connectivity index (χ1v) is 11.0. The molecule has 1 heterocycles. The standard InChI is InChI=1S/C21H24N2O6S/c1-28-18-11-10-15(14-19(18)30(26,27)23-12-6-3-7-13-23)20(24)22-17-9-5-4-8-16(17)21(25)29-2/h4-5,8-11,14H,3,6-7,12-13H2,1-2H3,(H,22,24). The topological polar surface area (TPSA) is 102 Å². The third kappa shape index (κ3) is 4.47. The number of anilines is 1. The molecule has 2 aromatic rings. The highest BCUT2D eigenvalue weighted by molar-refractivity contribution is 7.89. The zero-order valence-electron chi connectivity index (χ0n) is 16.9. The molecule has 0 saturated carbocycles. The van der Waals surface area contributed by atoms with E-state index < -0.39 is 21.9 Å². The van der Waals surface area contributed by atoms with Crippen LogP contribution in [0.4, 0.5) is 5.69 Å². The second-order valence-corrected chi connectivity index (χ2v) is 8.73. The second kappa shape index (κ2) is 9.27. The largest absolute Gasteiger partial charge is 0.495 e. The highest BCUT2D eigenvalue weighted by Gasteiger charge is 2.30. The summed E-state index contributed by atoms with van der Waals surface area (Å²) in [5.41, 5.74) is 0.597. The highest BCUT2D eigenvalue weighted by atomic mass is 32.2. The van der Waals surface area contributed by atoms with Crippen molar-refractivity contribution in [3.8, 4) is 5.75 Å². The first-order chi connectivity index (χ1) is 14.4. The van der Waals surface area contributed by atoms with Gasteiger partial charge < -0.3 is 14.8 Å². The van der Waals surface area contributed by atoms with Crippen LogP contribution in [0.2, 0.25) is 0 Å². The molecule has 160 valence electrons. The second-order valence-electron chi connectivity index (χ2n) is 6.82. The van der Waals surface area contributed by atoms with E-state index in [0.717, 1.165) is 19.3 Å². The monoisotopic (exact) mass is 432 g/mol. The SMILES string of the molecule is COC(=O)c1ccccc1NC(=O)c1ccc(OC)c(S(=O)(=O)N2CCCCC2)c1. The predicted molar refractivity (Wildman–Crippen MR) is 111 cm³/mol. The fraction of sp³-hybridized carbons (Fsp3) is 0.333. The summed E-state index contributed by atoms with van der Waals surface area (Å²) in [6.45, 7) is 0.878. The maximum absolute atomic E-state index is 13.1. The van der Waals surface area contributed by atoms with Crippen LogP contribution in [-0.2, 0) is 14.8 Å². The summed E-state index contributed by atoms with van der Waals surface area (Å²) < 4.78 is 37.7.